The molecule has 0 aromatic carbocycles. The number of nitrogens with zero attached hydrogens (tertiary/aromatic N) is 3. The van der Waals surface area contributed by atoms with Gasteiger partial charge in [-0.15, -0.1) is 0 Å². The third-order valence-electron chi connectivity index (χ3n) is 4.55. The molecule has 0 atom stereocenters. The normalized spacial score (nSPS) is 20.4. The van der Waals surface area contributed by atoms with Gasteiger partial charge >= 0.3 is 0 Å². The molecule has 0 aromatic heterocycles. The van der Waals surface area contributed by atoms with Crippen molar-refractivity contribution in [3.05, 3.63) is 0 Å². The summed E-state index contributed by atoms with van der Waals surface area (Å²) in [4.78, 5) is 40.7. The van der Waals surface area contributed by atoms with Crippen LogP contribution in [0.5, 0.6) is 0 Å². The first-order chi connectivity index (χ1) is 10.5. The monoisotopic (exact) mass is 309 g/mol. The molecule has 6 heteroatoms. The maximum absolute atomic E-state index is 12.5. The minimum atomic E-state index is 0.0332. The van der Waals surface area contributed by atoms with Crippen molar-refractivity contribution in [1.29, 1.82) is 0 Å². The fourth-order valence-electron chi connectivity index (χ4n) is 3.16. The van der Waals surface area contributed by atoms with Gasteiger partial charge in [0.25, 0.3) is 0 Å². The van der Waals surface area contributed by atoms with Crippen molar-refractivity contribution in [2.75, 3.05) is 39.3 Å². The Hall–Kier alpha value is -1.59. The second kappa shape index (κ2) is 7.61. The molecule has 0 unspecified atom stereocenters. The first kappa shape index (κ1) is 16.8. The zero-order valence-corrected chi connectivity index (χ0v) is 13.7. The van der Waals surface area contributed by atoms with E-state index in [1.54, 1.807) is 4.90 Å². The van der Waals surface area contributed by atoms with Crippen molar-refractivity contribution in [3.8, 4) is 0 Å². The van der Waals surface area contributed by atoms with Crippen molar-refractivity contribution >= 4 is 18.2 Å². The van der Waals surface area contributed by atoms with Crippen molar-refractivity contribution in [3.63, 3.8) is 0 Å². The highest BCUT2D eigenvalue weighted by molar-refractivity contribution is 5.80. The lowest BCUT2D eigenvalue weighted by molar-refractivity contribution is -0.143. The summed E-state index contributed by atoms with van der Waals surface area (Å²) in [5, 5.41) is 0. The van der Waals surface area contributed by atoms with E-state index in [1.807, 2.05) is 23.6 Å². The minimum Gasteiger partial charge on any atom is -0.343 e. The molecule has 0 bridgehead atoms. The third kappa shape index (κ3) is 4.21. The van der Waals surface area contributed by atoms with Gasteiger partial charge < -0.3 is 14.7 Å². The fourth-order valence-corrected chi connectivity index (χ4v) is 3.16. The smallest absolute Gasteiger partial charge is 0.225 e. The van der Waals surface area contributed by atoms with Gasteiger partial charge in [-0.2, -0.15) is 0 Å². The molecule has 2 aliphatic rings. The number of hydrogen-bond acceptors (Lipinski definition) is 3. The zero-order valence-electron chi connectivity index (χ0n) is 13.7. The third-order valence-corrected chi connectivity index (χ3v) is 4.55. The van der Waals surface area contributed by atoms with Crippen LogP contribution in [0.3, 0.4) is 0 Å². The molecule has 3 amide bonds. The SMILES string of the molecule is CC(C)CC(=O)N1CCC(C(=O)N2CCN(C=O)CC2)CC1. The zero-order chi connectivity index (χ0) is 16.1. The van der Waals surface area contributed by atoms with E-state index in [-0.39, 0.29) is 17.7 Å². The molecular weight excluding hydrogens is 282 g/mol. The Kier molecular flexibility index (Phi) is 5.80. The summed E-state index contributed by atoms with van der Waals surface area (Å²) >= 11 is 0. The Labute approximate surface area is 132 Å². The number of piperidine rings is 1. The van der Waals surface area contributed by atoms with E-state index in [2.05, 4.69) is 0 Å². The summed E-state index contributed by atoms with van der Waals surface area (Å²) in [5.41, 5.74) is 0. The Morgan fingerprint density at radius 2 is 1.59 bits per heavy atom. The van der Waals surface area contributed by atoms with Crippen LogP contribution in [-0.2, 0) is 14.4 Å². The van der Waals surface area contributed by atoms with Crippen LogP contribution in [0.1, 0.15) is 33.1 Å². The van der Waals surface area contributed by atoms with Crippen LogP contribution in [0.25, 0.3) is 0 Å². The highest BCUT2D eigenvalue weighted by Gasteiger charge is 2.31. The van der Waals surface area contributed by atoms with Crippen molar-refractivity contribution in [2.45, 2.75) is 33.1 Å². The van der Waals surface area contributed by atoms with E-state index < -0.39 is 0 Å². The standard InChI is InChI=1S/C16H27N3O3/c1-13(2)11-15(21)18-5-3-14(4-6-18)16(22)19-9-7-17(12-20)8-10-19/h12-14H,3-11H2,1-2H3. The van der Waals surface area contributed by atoms with Gasteiger partial charge in [0.1, 0.15) is 0 Å². The van der Waals surface area contributed by atoms with E-state index in [9.17, 15) is 14.4 Å². The molecule has 0 aliphatic carbocycles. The topological polar surface area (TPSA) is 60.9 Å². The van der Waals surface area contributed by atoms with Crippen LogP contribution in [0, 0.1) is 11.8 Å². The van der Waals surface area contributed by atoms with Gasteiger partial charge in [-0.3, -0.25) is 14.4 Å². The molecule has 2 saturated heterocycles. The number of likely N-dealkylation sites (tertiary alicyclic amines) is 1. The number of amides is 3. The predicted octanol–water partition coefficient (Wildman–Crippen LogP) is 0.572. The average molecular weight is 309 g/mol. The molecule has 0 radical (unpaired) electrons. The predicted molar refractivity (Wildman–Crippen MR) is 83.0 cm³/mol. The maximum Gasteiger partial charge on any atom is 0.225 e. The lowest BCUT2D eigenvalue weighted by Crippen LogP contribution is -2.51. The first-order valence-electron chi connectivity index (χ1n) is 8.27. The van der Waals surface area contributed by atoms with E-state index in [1.165, 1.54) is 0 Å². The Morgan fingerprint density at radius 3 is 2.09 bits per heavy atom. The molecule has 0 N–H and O–H groups in total. The van der Waals surface area contributed by atoms with E-state index in [4.69, 9.17) is 0 Å². The quantitative estimate of drug-likeness (QED) is 0.713. The Morgan fingerprint density at radius 1 is 1.00 bits per heavy atom. The molecular formula is C16H27N3O3. The van der Waals surface area contributed by atoms with E-state index in [0.29, 0.717) is 51.6 Å². The van der Waals surface area contributed by atoms with Crippen LogP contribution in [0.4, 0.5) is 0 Å². The molecule has 0 aromatic rings. The van der Waals surface area contributed by atoms with Gasteiger partial charge in [0, 0.05) is 51.6 Å². The van der Waals surface area contributed by atoms with Gasteiger partial charge in [0.05, 0.1) is 0 Å². The Balaban J connectivity index is 1.78. The summed E-state index contributed by atoms with van der Waals surface area (Å²) < 4.78 is 0. The highest BCUT2D eigenvalue weighted by Crippen LogP contribution is 2.21. The van der Waals surface area contributed by atoms with Gasteiger partial charge in [0.2, 0.25) is 18.2 Å². The molecule has 2 heterocycles. The van der Waals surface area contributed by atoms with Gasteiger partial charge in [-0.25, -0.2) is 0 Å². The summed E-state index contributed by atoms with van der Waals surface area (Å²) in [6.07, 6.45) is 2.96. The van der Waals surface area contributed by atoms with E-state index in [0.717, 1.165) is 19.3 Å². The number of carbonyl (C=O) groups excluding carboxylic acids is 3. The highest BCUT2D eigenvalue weighted by atomic mass is 16.2. The molecule has 0 saturated carbocycles. The van der Waals surface area contributed by atoms with Crippen molar-refractivity contribution in [2.24, 2.45) is 11.8 Å². The maximum atomic E-state index is 12.5. The van der Waals surface area contributed by atoms with Crippen LogP contribution >= 0.6 is 0 Å². The van der Waals surface area contributed by atoms with Gasteiger partial charge in [-0.05, 0) is 18.8 Å². The number of carbonyl (C=O) groups is 3. The molecule has 6 nitrogen and oxygen atoms in total. The lowest BCUT2D eigenvalue weighted by atomic mass is 9.94. The molecule has 2 rings (SSSR count). The van der Waals surface area contributed by atoms with Crippen LogP contribution in [-0.4, -0.2) is 72.2 Å². The Bertz CT molecular complexity index is 409. The van der Waals surface area contributed by atoms with Crippen LogP contribution < -0.4 is 0 Å². The molecule has 22 heavy (non-hydrogen) atoms. The number of piperazine rings is 1. The molecule has 0 spiro atoms. The second-order valence-corrected chi connectivity index (χ2v) is 6.72. The minimum absolute atomic E-state index is 0.0332. The van der Waals surface area contributed by atoms with Crippen molar-refractivity contribution < 1.29 is 14.4 Å². The number of hydrogen-bond donors (Lipinski definition) is 0. The second-order valence-electron chi connectivity index (χ2n) is 6.72. The average Bonchev–Trinajstić information content (AvgIpc) is 2.54. The fraction of sp³-hybridized carbons (Fsp3) is 0.812. The first-order valence-corrected chi connectivity index (χ1v) is 8.27. The largest absolute Gasteiger partial charge is 0.343 e. The van der Waals surface area contributed by atoms with E-state index >= 15 is 0 Å². The molecule has 2 fully saturated rings. The number of rotatable bonds is 4. The summed E-state index contributed by atoms with van der Waals surface area (Å²) in [6.45, 7) is 7.99. The molecule has 2 aliphatic heterocycles. The summed E-state index contributed by atoms with van der Waals surface area (Å²) in [7, 11) is 0. The van der Waals surface area contributed by atoms with Crippen LogP contribution in [0.2, 0.25) is 0 Å². The lowest BCUT2D eigenvalue weighted by Gasteiger charge is -2.37. The summed E-state index contributed by atoms with van der Waals surface area (Å²) in [5.74, 6) is 0.814. The molecule has 124 valence electrons. The summed E-state index contributed by atoms with van der Waals surface area (Å²) in [6, 6.07) is 0. The van der Waals surface area contributed by atoms with Gasteiger partial charge in [-0.1, -0.05) is 13.8 Å². The van der Waals surface area contributed by atoms with Crippen molar-refractivity contribution in [1.82, 2.24) is 14.7 Å². The van der Waals surface area contributed by atoms with Crippen LogP contribution in [0.15, 0.2) is 0 Å². The van der Waals surface area contributed by atoms with Gasteiger partial charge in [0.15, 0.2) is 0 Å².